The van der Waals surface area contributed by atoms with Crippen LogP contribution in [-0.2, 0) is 9.59 Å². The normalized spacial score (nSPS) is 17.0. The molecule has 0 saturated carbocycles. The third-order valence-corrected chi connectivity index (χ3v) is 5.12. The highest BCUT2D eigenvalue weighted by atomic mass is 32.2. The van der Waals surface area contributed by atoms with E-state index in [1.165, 1.54) is 16.7 Å². The lowest BCUT2D eigenvalue weighted by Gasteiger charge is -2.13. The molecule has 2 amide bonds. The van der Waals surface area contributed by atoms with E-state index in [1.807, 2.05) is 6.92 Å². The van der Waals surface area contributed by atoms with Crippen LogP contribution in [0.2, 0.25) is 0 Å². The van der Waals surface area contributed by atoms with Crippen molar-refractivity contribution in [2.45, 2.75) is 25.8 Å². The van der Waals surface area contributed by atoms with E-state index in [1.54, 1.807) is 37.4 Å². The van der Waals surface area contributed by atoms with Crippen molar-refractivity contribution in [1.29, 1.82) is 0 Å². The number of benzene rings is 1. The molecule has 1 aromatic carbocycles. The molecule has 1 heterocycles. The first kappa shape index (κ1) is 19.1. The maximum Gasteiger partial charge on any atom is 0.326 e. The van der Waals surface area contributed by atoms with Gasteiger partial charge in [-0.05, 0) is 30.2 Å². The third-order valence-electron chi connectivity index (χ3n) is 3.64. The van der Waals surface area contributed by atoms with Crippen molar-refractivity contribution in [3.05, 3.63) is 40.3 Å². The van der Waals surface area contributed by atoms with Gasteiger partial charge in [0.25, 0.3) is 11.8 Å². The van der Waals surface area contributed by atoms with Gasteiger partial charge in [0, 0.05) is 12.6 Å². The largest absolute Gasteiger partial charge is 0.480 e. The number of carbonyl (C=O) groups is 3. The average Bonchev–Trinajstić information content (AvgIpc) is 2.82. The highest BCUT2D eigenvalue weighted by Gasteiger charge is 2.28. The zero-order valence-corrected chi connectivity index (χ0v) is 15.4. The number of carbonyl (C=O) groups excluding carboxylic acids is 2. The van der Waals surface area contributed by atoms with Crippen LogP contribution in [0.5, 0.6) is 0 Å². The summed E-state index contributed by atoms with van der Waals surface area (Å²) < 4.78 is 0.503. The van der Waals surface area contributed by atoms with Crippen LogP contribution in [0.15, 0.2) is 29.2 Å². The number of carboxylic acids is 1. The van der Waals surface area contributed by atoms with Crippen LogP contribution in [0.3, 0.4) is 0 Å². The first-order valence-electron chi connectivity index (χ1n) is 7.68. The summed E-state index contributed by atoms with van der Waals surface area (Å²) >= 11 is 6.30. The van der Waals surface area contributed by atoms with Gasteiger partial charge >= 0.3 is 5.97 Å². The van der Waals surface area contributed by atoms with E-state index < -0.39 is 17.9 Å². The number of thiocarbonyl (C=S) groups is 1. The molecule has 1 atom stereocenters. The molecule has 0 radical (unpaired) electrons. The molecular weight excluding hydrogens is 360 g/mol. The molecule has 1 aromatic rings. The molecule has 0 spiro atoms. The van der Waals surface area contributed by atoms with E-state index in [9.17, 15) is 14.4 Å². The first-order valence-corrected chi connectivity index (χ1v) is 8.91. The number of nitrogens with one attached hydrogen (secondary N) is 1. The molecular formula is C17H18N2O4S2. The van der Waals surface area contributed by atoms with Gasteiger partial charge in [-0.25, -0.2) is 4.79 Å². The summed E-state index contributed by atoms with van der Waals surface area (Å²) in [6.45, 7) is 1.86. The van der Waals surface area contributed by atoms with E-state index in [0.717, 1.165) is 5.56 Å². The standard InChI is InChI=1S/C17H18N2O4S2/c1-3-4-12(16(22)23)18-14(20)11-7-5-10(6-8-11)9-13-15(21)19(2)17(24)25-13/h5-9,12H,3-4H2,1-2H3,(H,18,20)(H,22,23). The average molecular weight is 378 g/mol. The van der Waals surface area contributed by atoms with Gasteiger partial charge in [0.15, 0.2) is 0 Å². The minimum Gasteiger partial charge on any atom is -0.480 e. The van der Waals surface area contributed by atoms with Crippen molar-refractivity contribution < 1.29 is 19.5 Å². The minimum atomic E-state index is -1.05. The van der Waals surface area contributed by atoms with Gasteiger partial charge < -0.3 is 10.4 Å². The molecule has 1 unspecified atom stereocenters. The predicted molar refractivity (Wildman–Crippen MR) is 101 cm³/mol. The molecule has 6 nitrogen and oxygen atoms in total. The molecule has 2 N–H and O–H groups in total. The molecule has 2 rings (SSSR count). The topological polar surface area (TPSA) is 86.7 Å². The highest BCUT2D eigenvalue weighted by Crippen LogP contribution is 2.31. The Labute approximate surface area is 155 Å². The van der Waals surface area contributed by atoms with Crippen molar-refractivity contribution in [3.63, 3.8) is 0 Å². The van der Waals surface area contributed by atoms with Gasteiger partial charge in [-0.3, -0.25) is 14.5 Å². The Kier molecular flexibility index (Phi) is 6.33. The number of rotatable bonds is 6. The van der Waals surface area contributed by atoms with Gasteiger partial charge in [-0.15, -0.1) is 0 Å². The van der Waals surface area contributed by atoms with Gasteiger partial charge in [0.05, 0.1) is 4.91 Å². The molecule has 1 aliphatic rings. The maximum atomic E-state index is 12.2. The van der Waals surface area contributed by atoms with Crippen LogP contribution < -0.4 is 5.32 Å². The van der Waals surface area contributed by atoms with Crippen molar-refractivity contribution in [2.24, 2.45) is 0 Å². The number of aliphatic carboxylic acids is 1. The lowest BCUT2D eigenvalue weighted by molar-refractivity contribution is -0.139. The highest BCUT2D eigenvalue weighted by molar-refractivity contribution is 8.26. The Morgan fingerprint density at radius 1 is 1.36 bits per heavy atom. The van der Waals surface area contributed by atoms with Crippen LogP contribution in [0.25, 0.3) is 6.08 Å². The molecule has 1 aliphatic heterocycles. The summed E-state index contributed by atoms with van der Waals surface area (Å²) in [7, 11) is 1.63. The van der Waals surface area contributed by atoms with Gasteiger partial charge in [-0.2, -0.15) is 0 Å². The molecule has 132 valence electrons. The lowest BCUT2D eigenvalue weighted by Crippen LogP contribution is -2.40. The van der Waals surface area contributed by atoms with Crippen LogP contribution in [0, 0.1) is 0 Å². The Morgan fingerprint density at radius 2 is 2.00 bits per heavy atom. The van der Waals surface area contributed by atoms with Crippen molar-refractivity contribution >= 4 is 52.2 Å². The summed E-state index contributed by atoms with van der Waals surface area (Å²) in [6.07, 6.45) is 2.74. The predicted octanol–water partition coefficient (Wildman–Crippen LogP) is 2.50. The fraction of sp³-hybridized carbons (Fsp3) is 0.294. The van der Waals surface area contributed by atoms with E-state index in [4.69, 9.17) is 17.3 Å². The summed E-state index contributed by atoms with van der Waals surface area (Å²) in [5, 5.41) is 11.6. The van der Waals surface area contributed by atoms with Crippen LogP contribution >= 0.6 is 24.0 Å². The van der Waals surface area contributed by atoms with E-state index in [-0.39, 0.29) is 5.91 Å². The second-order valence-corrected chi connectivity index (χ2v) is 7.19. The summed E-state index contributed by atoms with van der Waals surface area (Å²) in [6, 6.07) is 5.69. The van der Waals surface area contributed by atoms with Crippen LogP contribution in [0.1, 0.15) is 35.7 Å². The number of likely N-dealkylation sites (N-methyl/N-ethyl adjacent to an activating group) is 1. The van der Waals surface area contributed by atoms with Crippen LogP contribution in [-0.4, -0.2) is 45.2 Å². The Hall–Kier alpha value is -2.19. The van der Waals surface area contributed by atoms with Crippen molar-refractivity contribution in [3.8, 4) is 0 Å². The van der Waals surface area contributed by atoms with E-state index in [0.29, 0.717) is 27.6 Å². The number of hydrogen-bond donors (Lipinski definition) is 2. The molecule has 1 saturated heterocycles. The number of nitrogens with zero attached hydrogens (tertiary/aromatic N) is 1. The van der Waals surface area contributed by atoms with Crippen molar-refractivity contribution in [1.82, 2.24) is 10.2 Å². The van der Waals surface area contributed by atoms with Crippen molar-refractivity contribution in [2.75, 3.05) is 7.05 Å². The minimum absolute atomic E-state index is 0.152. The molecule has 1 fully saturated rings. The Bertz CT molecular complexity index is 744. The fourth-order valence-electron chi connectivity index (χ4n) is 2.22. The smallest absolute Gasteiger partial charge is 0.326 e. The van der Waals surface area contributed by atoms with Gasteiger partial charge in [0.1, 0.15) is 10.4 Å². The molecule has 25 heavy (non-hydrogen) atoms. The van der Waals surface area contributed by atoms with Crippen LogP contribution in [0.4, 0.5) is 0 Å². The number of hydrogen-bond acceptors (Lipinski definition) is 5. The molecule has 0 aromatic heterocycles. The first-order chi connectivity index (χ1) is 11.8. The SMILES string of the molecule is CCCC(NC(=O)c1ccc(C=C2SC(=S)N(C)C2=O)cc1)C(=O)O. The summed E-state index contributed by atoms with van der Waals surface area (Å²) in [5.74, 6) is -1.64. The van der Waals surface area contributed by atoms with E-state index in [2.05, 4.69) is 5.32 Å². The number of carboxylic acid groups (broad SMARTS) is 1. The molecule has 0 bridgehead atoms. The summed E-state index contributed by atoms with van der Waals surface area (Å²) in [4.78, 5) is 37.2. The Morgan fingerprint density at radius 3 is 2.48 bits per heavy atom. The van der Waals surface area contributed by atoms with Gasteiger partial charge in [-0.1, -0.05) is 49.5 Å². The summed E-state index contributed by atoms with van der Waals surface area (Å²) in [5.41, 5.74) is 1.12. The third kappa shape index (κ3) is 4.67. The number of amides is 2. The lowest BCUT2D eigenvalue weighted by atomic mass is 10.1. The maximum absolute atomic E-state index is 12.2. The fourth-order valence-corrected chi connectivity index (χ4v) is 3.39. The second kappa shape index (κ2) is 8.26. The molecule has 0 aliphatic carbocycles. The zero-order chi connectivity index (χ0) is 18.6. The number of thioether (sulfide) groups is 1. The second-order valence-electron chi connectivity index (χ2n) is 5.52. The quantitative estimate of drug-likeness (QED) is 0.584. The Balaban J connectivity index is 2.09. The zero-order valence-electron chi connectivity index (χ0n) is 13.8. The monoisotopic (exact) mass is 378 g/mol. The van der Waals surface area contributed by atoms with E-state index >= 15 is 0 Å². The molecule has 8 heteroatoms. The van der Waals surface area contributed by atoms with Gasteiger partial charge in [0.2, 0.25) is 0 Å².